The van der Waals surface area contributed by atoms with Crippen LogP contribution >= 0.6 is 11.3 Å². The highest BCUT2D eigenvalue weighted by Crippen LogP contribution is 2.43. The standard InChI is InChI=1S/C28H35NO4S/c1-18(2)17-33-28(32)29-14-13-22(24(16-29)20-11-9-19(3)10-12-20)23-15-25(34-26(23)27(30)31)21-7-5-4-6-8-21/h4-8,15,18-20H,9-14,16-17H2,1-3H3,(H,30,31). The van der Waals surface area contributed by atoms with Gasteiger partial charge in [-0.1, -0.05) is 63.9 Å². The summed E-state index contributed by atoms with van der Waals surface area (Å²) in [5.74, 6) is 0.509. The minimum atomic E-state index is -0.884. The summed E-state index contributed by atoms with van der Waals surface area (Å²) in [7, 11) is 0. The second-order valence-electron chi connectivity index (χ2n) is 10.1. The maximum atomic E-state index is 12.8. The normalized spacial score (nSPS) is 21.1. The summed E-state index contributed by atoms with van der Waals surface area (Å²) >= 11 is 1.34. The van der Waals surface area contributed by atoms with Crippen molar-refractivity contribution >= 4 is 29.0 Å². The Morgan fingerprint density at radius 2 is 1.85 bits per heavy atom. The van der Waals surface area contributed by atoms with Gasteiger partial charge in [0.25, 0.3) is 0 Å². The second kappa shape index (κ2) is 10.8. The summed E-state index contributed by atoms with van der Waals surface area (Å²) in [4.78, 5) is 28.2. The molecule has 0 unspecified atom stereocenters. The zero-order chi connectivity index (χ0) is 24.2. The number of hydrogen-bond donors (Lipinski definition) is 1. The van der Waals surface area contributed by atoms with Crippen LogP contribution in [0.2, 0.25) is 0 Å². The molecule has 182 valence electrons. The fraction of sp³-hybridized carbons (Fsp3) is 0.500. The van der Waals surface area contributed by atoms with Crippen molar-refractivity contribution in [3.63, 3.8) is 0 Å². The van der Waals surface area contributed by atoms with Crippen LogP contribution in [0.4, 0.5) is 4.79 Å². The third-order valence-electron chi connectivity index (χ3n) is 7.00. The predicted octanol–water partition coefficient (Wildman–Crippen LogP) is 7.19. The SMILES string of the molecule is CC(C)COC(=O)N1CCC(c2cc(-c3ccccc3)sc2C(=O)O)=C(C2CCC(C)CC2)C1. The third kappa shape index (κ3) is 5.54. The Hall–Kier alpha value is -2.60. The minimum Gasteiger partial charge on any atom is -0.477 e. The predicted molar refractivity (Wildman–Crippen MR) is 137 cm³/mol. The molecule has 1 aromatic carbocycles. The number of carboxylic acid groups (broad SMARTS) is 1. The maximum Gasteiger partial charge on any atom is 0.410 e. The van der Waals surface area contributed by atoms with Gasteiger partial charge in [-0.25, -0.2) is 9.59 Å². The van der Waals surface area contributed by atoms with E-state index in [0.29, 0.717) is 42.8 Å². The smallest absolute Gasteiger partial charge is 0.410 e. The Kier molecular flexibility index (Phi) is 7.77. The van der Waals surface area contributed by atoms with Crippen LogP contribution in [-0.4, -0.2) is 41.8 Å². The molecule has 0 bridgehead atoms. The van der Waals surface area contributed by atoms with Gasteiger partial charge in [-0.05, 0) is 59.8 Å². The Bertz CT molecular complexity index is 1050. The van der Waals surface area contributed by atoms with Crippen LogP contribution < -0.4 is 0 Å². The highest BCUT2D eigenvalue weighted by molar-refractivity contribution is 7.17. The van der Waals surface area contributed by atoms with Gasteiger partial charge >= 0.3 is 12.1 Å². The molecule has 2 aromatic rings. The molecule has 2 heterocycles. The van der Waals surface area contributed by atoms with Gasteiger partial charge in [0, 0.05) is 23.5 Å². The van der Waals surface area contributed by atoms with E-state index < -0.39 is 5.97 Å². The Morgan fingerprint density at radius 1 is 1.15 bits per heavy atom. The summed E-state index contributed by atoms with van der Waals surface area (Å²) in [6, 6.07) is 12.0. The summed E-state index contributed by atoms with van der Waals surface area (Å²) in [6.45, 7) is 7.86. The van der Waals surface area contributed by atoms with Crippen LogP contribution in [0.1, 0.15) is 68.1 Å². The van der Waals surface area contributed by atoms with Crippen LogP contribution in [0, 0.1) is 17.8 Å². The molecule has 0 radical (unpaired) electrons. The number of carboxylic acids is 1. The number of carbonyl (C=O) groups is 2. The van der Waals surface area contributed by atoms with Crippen molar-refractivity contribution in [3.8, 4) is 10.4 Å². The number of amides is 1. The van der Waals surface area contributed by atoms with Crippen molar-refractivity contribution in [2.45, 2.75) is 52.9 Å². The van der Waals surface area contributed by atoms with E-state index in [1.54, 1.807) is 0 Å². The van der Waals surface area contributed by atoms with Gasteiger partial charge in [-0.3, -0.25) is 0 Å². The first kappa shape index (κ1) is 24.5. The van der Waals surface area contributed by atoms with Crippen molar-refractivity contribution in [2.24, 2.45) is 17.8 Å². The molecule has 1 aliphatic heterocycles. The van der Waals surface area contributed by atoms with Crippen molar-refractivity contribution in [1.82, 2.24) is 4.90 Å². The van der Waals surface area contributed by atoms with Crippen LogP contribution in [0.15, 0.2) is 42.0 Å². The van der Waals surface area contributed by atoms with E-state index in [-0.39, 0.29) is 6.09 Å². The lowest BCUT2D eigenvalue weighted by Crippen LogP contribution is -2.39. The molecule has 2 aliphatic rings. The zero-order valence-corrected chi connectivity index (χ0v) is 21.2. The number of benzene rings is 1. The van der Waals surface area contributed by atoms with Gasteiger partial charge < -0.3 is 14.7 Å². The molecule has 1 N–H and O–H groups in total. The van der Waals surface area contributed by atoms with E-state index in [4.69, 9.17) is 4.74 Å². The van der Waals surface area contributed by atoms with E-state index in [0.717, 1.165) is 40.3 Å². The molecule has 1 aliphatic carbocycles. The minimum absolute atomic E-state index is 0.261. The topological polar surface area (TPSA) is 66.8 Å². The van der Waals surface area contributed by atoms with Crippen molar-refractivity contribution in [2.75, 3.05) is 19.7 Å². The number of nitrogens with zero attached hydrogens (tertiary/aromatic N) is 1. The fourth-order valence-electron chi connectivity index (χ4n) is 5.08. The molecule has 1 amide bonds. The molecule has 1 saturated carbocycles. The van der Waals surface area contributed by atoms with Gasteiger partial charge in [0.1, 0.15) is 4.88 Å². The lowest BCUT2D eigenvalue weighted by Gasteiger charge is -2.36. The zero-order valence-electron chi connectivity index (χ0n) is 20.4. The van der Waals surface area contributed by atoms with E-state index in [9.17, 15) is 14.7 Å². The Balaban J connectivity index is 1.72. The highest BCUT2D eigenvalue weighted by atomic mass is 32.1. The lowest BCUT2D eigenvalue weighted by atomic mass is 9.75. The fourth-order valence-corrected chi connectivity index (χ4v) is 6.11. The van der Waals surface area contributed by atoms with E-state index >= 15 is 0 Å². The lowest BCUT2D eigenvalue weighted by molar-refractivity contribution is 0.0701. The highest BCUT2D eigenvalue weighted by Gasteiger charge is 2.33. The van der Waals surface area contributed by atoms with E-state index in [1.165, 1.54) is 29.8 Å². The first-order valence-electron chi connectivity index (χ1n) is 12.4. The number of hydrogen-bond acceptors (Lipinski definition) is 4. The number of rotatable bonds is 6. The quantitative estimate of drug-likeness (QED) is 0.474. The third-order valence-corrected chi connectivity index (χ3v) is 8.17. The molecular formula is C28H35NO4S. The van der Waals surface area contributed by atoms with Gasteiger partial charge in [0.2, 0.25) is 0 Å². The Labute approximate surface area is 206 Å². The molecule has 0 atom stereocenters. The molecule has 4 rings (SSSR count). The van der Waals surface area contributed by atoms with Gasteiger partial charge in [-0.2, -0.15) is 0 Å². The summed E-state index contributed by atoms with van der Waals surface area (Å²) in [6.07, 6.45) is 4.92. The van der Waals surface area contributed by atoms with Crippen LogP contribution in [0.5, 0.6) is 0 Å². The number of ether oxygens (including phenoxy) is 1. The molecule has 34 heavy (non-hydrogen) atoms. The molecule has 1 fully saturated rings. The molecule has 0 spiro atoms. The first-order chi connectivity index (χ1) is 16.3. The molecule has 6 heteroatoms. The van der Waals surface area contributed by atoms with Crippen molar-refractivity contribution < 1.29 is 19.4 Å². The largest absolute Gasteiger partial charge is 0.477 e. The van der Waals surface area contributed by atoms with Crippen LogP contribution in [0.3, 0.4) is 0 Å². The maximum absolute atomic E-state index is 12.8. The molecule has 0 saturated heterocycles. The van der Waals surface area contributed by atoms with Gasteiger partial charge in [-0.15, -0.1) is 11.3 Å². The van der Waals surface area contributed by atoms with E-state index in [1.807, 2.05) is 49.1 Å². The van der Waals surface area contributed by atoms with Crippen molar-refractivity contribution in [3.05, 3.63) is 52.4 Å². The van der Waals surface area contributed by atoms with Crippen LogP contribution in [-0.2, 0) is 4.74 Å². The summed E-state index contributed by atoms with van der Waals surface area (Å²) in [5.41, 5.74) is 4.23. The number of aromatic carboxylic acids is 1. The van der Waals surface area contributed by atoms with Crippen molar-refractivity contribution in [1.29, 1.82) is 0 Å². The average molecular weight is 482 g/mol. The summed E-state index contributed by atoms with van der Waals surface area (Å²) in [5, 5.41) is 10.1. The second-order valence-corrected chi connectivity index (χ2v) is 11.2. The monoisotopic (exact) mass is 481 g/mol. The van der Waals surface area contributed by atoms with E-state index in [2.05, 4.69) is 13.0 Å². The molecule has 1 aromatic heterocycles. The molecule has 5 nitrogen and oxygen atoms in total. The van der Waals surface area contributed by atoms with Gasteiger partial charge in [0.15, 0.2) is 0 Å². The Morgan fingerprint density at radius 3 is 2.50 bits per heavy atom. The number of thiophene rings is 1. The molecular weight excluding hydrogens is 446 g/mol. The first-order valence-corrected chi connectivity index (χ1v) is 13.2. The van der Waals surface area contributed by atoms with Crippen LogP contribution in [0.25, 0.3) is 16.0 Å². The summed E-state index contributed by atoms with van der Waals surface area (Å²) < 4.78 is 5.53. The average Bonchev–Trinajstić information content (AvgIpc) is 3.29. The van der Waals surface area contributed by atoms with Gasteiger partial charge in [0.05, 0.1) is 6.61 Å². The number of carbonyl (C=O) groups excluding carboxylic acids is 1.